The van der Waals surface area contributed by atoms with Gasteiger partial charge in [-0.25, -0.2) is 0 Å². The number of halogens is 2. The Hall–Kier alpha value is -0.250. The molecule has 1 aromatic carbocycles. The van der Waals surface area contributed by atoms with E-state index in [1.54, 1.807) is 7.11 Å². The number of ether oxygens (including phenoxy) is 1. The van der Waals surface area contributed by atoms with Gasteiger partial charge in [-0.1, -0.05) is 33.6 Å². The number of nitrogens with zero attached hydrogens (tertiary/aromatic N) is 1. The van der Waals surface area contributed by atoms with E-state index in [1.165, 1.54) is 24.1 Å². The van der Waals surface area contributed by atoms with Crippen molar-refractivity contribution in [3.05, 3.63) is 28.8 Å². The third-order valence-corrected chi connectivity index (χ3v) is 4.67. The van der Waals surface area contributed by atoms with Crippen molar-refractivity contribution in [1.29, 1.82) is 0 Å². The molecule has 0 spiro atoms. The molecule has 2 nitrogen and oxygen atoms in total. The van der Waals surface area contributed by atoms with Crippen molar-refractivity contribution >= 4 is 33.2 Å². The molecule has 1 aliphatic rings. The van der Waals surface area contributed by atoms with Gasteiger partial charge in [0.2, 0.25) is 0 Å². The molecule has 1 atom stereocenters. The van der Waals surface area contributed by atoms with E-state index in [1.807, 2.05) is 6.07 Å². The molecule has 0 heterocycles. The number of hydrogen-bond acceptors (Lipinski definition) is 2. The van der Waals surface area contributed by atoms with E-state index in [2.05, 4.69) is 39.9 Å². The summed E-state index contributed by atoms with van der Waals surface area (Å²) in [5.74, 6) is 0.819. The van der Waals surface area contributed by atoms with E-state index >= 15 is 0 Å². The highest BCUT2D eigenvalue weighted by Gasteiger charge is 2.32. The Morgan fingerprint density at radius 3 is 2.79 bits per heavy atom. The Balaban J connectivity index is 2.27. The highest BCUT2D eigenvalue weighted by atomic mass is 79.9. The highest BCUT2D eigenvalue weighted by molar-refractivity contribution is 9.08. The molecule has 0 aliphatic heterocycles. The summed E-state index contributed by atoms with van der Waals surface area (Å²) in [5.41, 5.74) is 2.52. The van der Waals surface area contributed by atoms with Crippen molar-refractivity contribution in [3.63, 3.8) is 0 Å². The molecule has 0 radical (unpaired) electrons. The van der Waals surface area contributed by atoms with Gasteiger partial charge in [0.25, 0.3) is 0 Å². The normalized spacial score (nSPS) is 16.4. The summed E-state index contributed by atoms with van der Waals surface area (Å²) in [6.45, 7) is 3.96. The lowest BCUT2D eigenvalue weighted by molar-refractivity contribution is 0.202. The zero-order valence-electron chi connectivity index (χ0n) is 11.5. The van der Waals surface area contributed by atoms with Crippen molar-refractivity contribution in [2.24, 2.45) is 5.92 Å². The van der Waals surface area contributed by atoms with Gasteiger partial charge in [-0.15, -0.1) is 0 Å². The monoisotopic (exact) mass is 345 g/mol. The SMILES string of the molecule is COCCN(c1cc(Cl)ccc1CBr)C(C)C1CC1. The van der Waals surface area contributed by atoms with Gasteiger partial charge < -0.3 is 9.64 Å². The average Bonchev–Trinajstić information content (AvgIpc) is 3.23. The van der Waals surface area contributed by atoms with Crippen molar-refractivity contribution in [2.75, 3.05) is 25.2 Å². The van der Waals surface area contributed by atoms with Crippen LogP contribution in [0.3, 0.4) is 0 Å². The fraction of sp³-hybridized carbons (Fsp3) is 0.600. The molecular formula is C15H21BrClNO. The molecule has 0 bridgehead atoms. The van der Waals surface area contributed by atoms with Crippen molar-refractivity contribution in [2.45, 2.75) is 31.1 Å². The van der Waals surface area contributed by atoms with E-state index in [4.69, 9.17) is 16.3 Å². The van der Waals surface area contributed by atoms with Crippen LogP contribution in [0.25, 0.3) is 0 Å². The molecule has 0 N–H and O–H groups in total. The quantitative estimate of drug-likeness (QED) is 0.675. The maximum atomic E-state index is 6.18. The van der Waals surface area contributed by atoms with Crippen LogP contribution in [-0.2, 0) is 10.1 Å². The molecular weight excluding hydrogens is 326 g/mol. The Morgan fingerprint density at radius 1 is 1.47 bits per heavy atom. The van der Waals surface area contributed by atoms with Gasteiger partial charge in [-0.05, 0) is 43.4 Å². The second kappa shape index (κ2) is 6.96. The number of rotatable bonds is 7. The summed E-state index contributed by atoms with van der Waals surface area (Å²) in [6.07, 6.45) is 2.68. The molecule has 1 unspecified atom stereocenters. The van der Waals surface area contributed by atoms with Gasteiger partial charge in [0.05, 0.1) is 6.61 Å². The zero-order chi connectivity index (χ0) is 13.8. The first kappa shape index (κ1) is 15.1. The van der Waals surface area contributed by atoms with Gasteiger partial charge >= 0.3 is 0 Å². The van der Waals surface area contributed by atoms with Crippen LogP contribution < -0.4 is 4.90 Å². The molecule has 2 rings (SSSR count). The van der Waals surface area contributed by atoms with Gasteiger partial charge in [-0.2, -0.15) is 0 Å². The lowest BCUT2D eigenvalue weighted by Crippen LogP contribution is -2.37. The zero-order valence-corrected chi connectivity index (χ0v) is 13.9. The van der Waals surface area contributed by atoms with Crippen LogP contribution in [0, 0.1) is 5.92 Å². The third kappa shape index (κ3) is 3.87. The fourth-order valence-electron chi connectivity index (χ4n) is 2.48. The van der Waals surface area contributed by atoms with Crippen molar-refractivity contribution < 1.29 is 4.74 Å². The topological polar surface area (TPSA) is 12.5 Å². The van der Waals surface area contributed by atoms with Gasteiger partial charge in [0.1, 0.15) is 0 Å². The van der Waals surface area contributed by atoms with Gasteiger partial charge in [-0.3, -0.25) is 0 Å². The van der Waals surface area contributed by atoms with Crippen molar-refractivity contribution in [3.8, 4) is 0 Å². The largest absolute Gasteiger partial charge is 0.383 e. The second-order valence-electron chi connectivity index (χ2n) is 5.17. The summed E-state index contributed by atoms with van der Waals surface area (Å²) in [4.78, 5) is 2.45. The number of methoxy groups -OCH3 is 1. The minimum Gasteiger partial charge on any atom is -0.383 e. The summed E-state index contributed by atoms with van der Waals surface area (Å²) in [7, 11) is 1.75. The minimum absolute atomic E-state index is 0.548. The number of alkyl halides is 1. The Morgan fingerprint density at radius 2 is 2.21 bits per heavy atom. The lowest BCUT2D eigenvalue weighted by atomic mass is 10.1. The van der Waals surface area contributed by atoms with E-state index < -0.39 is 0 Å². The van der Waals surface area contributed by atoms with Crippen LogP contribution in [-0.4, -0.2) is 26.3 Å². The Bertz CT molecular complexity index is 423. The van der Waals surface area contributed by atoms with Gasteiger partial charge in [0.15, 0.2) is 0 Å². The fourth-order valence-corrected chi connectivity index (χ4v) is 3.12. The van der Waals surface area contributed by atoms with Crippen LogP contribution in [0.4, 0.5) is 5.69 Å². The van der Waals surface area contributed by atoms with Crippen LogP contribution in [0.5, 0.6) is 0 Å². The first-order valence-electron chi connectivity index (χ1n) is 6.77. The summed E-state index contributed by atoms with van der Waals surface area (Å²) < 4.78 is 5.26. The standard InChI is InChI=1S/C15H21BrClNO/c1-11(12-3-4-12)18(7-8-19-2)15-9-14(17)6-5-13(15)10-16/h5-6,9,11-12H,3-4,7-8,10H2,1-2H3. The van der Waals surface area contributed by atoms with E-state index in [9.17, 15) is 0 Å². The lowest BCUT2D eigenvalue weighted by Gasteiger charge is -2.33. The van der Waals surface area contributed by atoms with E-state index in [0.29, 0.717) is 6.04 Å². The number of hydrogen-bond donors (Lipinski definition) is 0. The minimum atomic E-state index is 0.548. The number of benzene rings is 1. The Labute approximate surface area is 129 Å². The maximum absolute atomic E-state index is 6.18. The molecule has 1 aliphatic carbocycles. The van der Waals surface area contributed by atoms with Crippen LogP contribution in [0.2, 0.25) is 5.02 Å². The molecule has 0 amide bonds. The molecule has 4 heteroatoms. The predicted molar refractivity (Wildman–Crippen MR) is 85.5 cm³/mol. The Kier molecular flexibility index (Phi) is 5.55. The van der Waals surface area contributed by atoms with Crippen LogP contribution in [0.15, 0.2) is 18.2 Å². The van der Waals surface area contributed by atoms with Gasteiger partial charge in [0, 0.05) is 35.7 Å². The smallest absolute Gasteiger partial charge is 0.0637 e. The molecule has 1 aromatic rings. The average molecular weight is 347 g/mol. The molecule has 0 saturated heterocycles. The van der Waals surface area contributed by atoms with E-state index in [-0.39, 0.29) is 0 Å². The summed E-state index contributed by atoms with van der Waals surface area (Å²) in [5, 5.41) is 1.64. The molecule has 0 aromatic heterocycles. The first-order valence-corrected chi connectivity index (χ1v) is 8.27. The van der Waals surface area contributed by atoms with Crippen molar-refractivity contribution in [1.82, 2.24) is 0 Å². The molecule has 19 heavy (non-hydrogen) atoms. The van der Waals surface area contributed by atoms with E-state index in [0.717, 1.165) is 29.4 Å². The summed E-state index contributed by atoms with van der Waals surface area (Å²) >= 11 is 9.75. The van der Waals surface area contributed by atoms with Crippen LogP contribution in [0.1, 0.15) is 25.3 Å². The second-order valence-corrected chi connectivity index (χ2v) is 6.17. The van der Waals surface area contributed by atoms with Crippen LogP contribution >= 0.6 is 27.5 Å². The highest BCUT2D eigenvalue weighted by Crippen LogP contribution is 2.38. The first-order chi connectivity index (χ1) is 9.17. The molecule has 106 valence electrons. The third-order valence-electron chi connectivity index (χ3n) is 3.83. The predicted octanol–water partition coefficient (Wildman–Crippen LogP) is 4.49. The molecule has 1 saturated carbocycles. The molecule has 1 fully saturated rings. The summed E-state index contributed by atoms with van der Waals surface area (Å²) in [6, 6.07) is 6.68. The maximum Gasteiger partial charge on any atom is 0.0637 e. The number of anilines is 1.